The average molecular weight is 1590 g/mol. The highest BCUT2D eigenvalue weighted by Crippen LogP contribution is 2.60. The van der Waals surface area contributed by atoms with Crippen LogP contribution in [0.25, 0.3) is 98.5 Å². The molecular weight excluding hydrogens is 1480 g/mol. The molecule has 3 aliphatic heterocycles. The Morgan fingerprint density at radius 2 is 0.625 bits per heavy atom. The van der Waals surface area contributed by atoms with Gasteiger partial charge in [-0.05, 0) is 213 Å². The van der Waals surface area contributed by atoms with E-state index in [1.54, 1.807) is 0 Å². The molecular formula is C106H106N8O6. The van der Waals surface area contributed by atoms with Gasteiger partial charge in [0.25, 0.3) is 11.8 Å². The highest BCUT2D eigenvalue weighted by Gasteiger charge is 2.51. The van der Waals surface area contributed by atoms with Crippen LogP contribution >= 0.6 is 0 Å². The molecule has 0 unspecified atom stereocenters. The second kappa shape index (κ2) is 31.7. The van der Waals surface area contributed by atoms with Gasteiger partial charge >= 0.3 is 0 Å². The second-order valence-corrected chi connectivity index (χ2v) is 37.0. The zero-order valence-electron chi connectivity index (χ0n) is 70.4. The van der Waals surface area contributed by atoms with E-state index in [2.05, 4.69) is 182 Å². The molecule has 0 bridgehead atoms. The van der Waals surface area contributed by atoms with Crippen LogP contribution in [0.3, 0.4) is 0 Å². The third kappa shape index (κ3) is 14.8. The Balaban J connectivity index is 0.000000119. The van der Waals surface area contributed by atoms with Gasteiger partial charge in [-0.1, -0.05) is 204 Å². The smallest absolute Gasteiger partial charge is 0.251 e. The summed E-state index contributed by atoms with van der Waals surface area (Å²) in [4.78, 5) is 70.5. The summed E-state index contributed by atoms with van der Waals surface area (Å²) in [6.45, 7) is 21.8. The lowest BCUT2D eigenvalue weighted by Crippen LogP contribution is -2.46. The van der Waals surface area contributed by atoms with Crippen molar-refractivity contribution in [2.45, 2.75) is 187 Å². The minimum atomic E-state index is -0.246. The molecule has 15 aromatic rings. The van der Waals surface area contributed by atoms with E-state index in [4.69, 9.17) is 44.1 Å². The first-order valence-electron chi connectivity index (χ1n) is 43.9. The van der Waals surface area contributed by atoms with Crippen molar-refractivity contribution in [1.29, 1.82) is 0 Å². The van der Waals surface area contributed by atoms with Gasteiger partial charge in [-0.25, -0.2) is 29.9 Å². The molecule has 14 heteroatoms. The van der Waals surface area contributed by atoms with Crippen LogP contribution in [0.5, 0.6) is 17.2 Å². The molecule has 0 saturated heterocycles. The normalized spacial score (nSPS) is 21.6. The highest BCUT2D eigenvalue weighted by molar-refractivity contribution is 6.14. The number of hydrogen-bond donors (Lipinski definition) is 2. The largest absolute Gasteiger partial charge is 0.487 e. The van der Waals surface area contributed by atoms with E-state index in [-0.39, 0.29) is 34.4 Å². The molecule has 606 valence electrons. The number of ether oxygens (including phenoxy) is 3. The maximum Gasteiger partial charge on any atom is 0.251 e. The Morgan fingerprint density at radius 1 is 0.333 bits per heavy atom. The summed E-state index contributed by atoms with van der Waals surface area (Å²) in [7, 11) is 0. The highest BCUT2D eigenvalue weighted by atomic mass is 16.5. The number of hydrogen-bond acceptors (Lipinski definition) is 12. The standard InChI is InChI=1S/C36H36N2O2.2C35H35N3O2/c1-22-16-18-28-27(20-22)32-34-33(25-13-7-8-14-26(25)35(32)40-36(28,2)3)38-30-21-24(17-19-29(30)37-34)31(39)15-9-12-23-10-5-4-6-11-23;2*1-21-13-15-27-26(19-21)30-32-31(24-11-7-8-12-25(24)33(30)40-35(27,2)3)37-28-16-14-23(20-29(28)38-32)34(39)36-18-17-22-9-5-4-6-10-22/h4-8,10-11,13-14,17,19,21-22,27-28H,9,12,15-16,18,20H2,1-3H3;2*4-12,14,16,20-21,26-27H,13,15,17-19H2,1-3H3,(H,36,39)/t22-,27-,28-;2*21-,26-,27-/m010/s1. The molecule has 3 fully saturated rings. The minimum absolute atomic E-state index is 0.0912. The number of rotatable bonds is 13. The summed E-state index contributed by atoms with van der Waals surface area (Å²) < 4.78 is 20.6. The van der Waals surface area contributed by atoms with Crippen LogP contribution in [0.2, 0.25) is 0 Å². The number of Topliss-reactive ketones (excluding diaryl/α,β-unsaturated/α-hetero) is 1. The fourth-order valence-electron chi connectivity index (χ4n) is 21.5. The topological polar surface area (TPSA) is 180 Å². The van der Waals surface area contributed by atoms with Crippen LogP contribution in [0.4, 0.5) is 0 Å². The summed E-state index contributed by atoms with van der Waals surface area (Å²) in [6, 6.07) is 73.2. The molecule has 2 N–H and O–H groups in total. The molecule has 14 nitrogen and oxygen atoms in total. The summed E-state index contributed by atoms with van der Waals surface area (Å²) in [5.41, 5.74) is 18.7. The van der Waals surface area contributed by atoms with Gasteiger partial charge in [0.15, 0.2) is 5.78 Å². The Kier molecular flexibility index (Phi) is 20.7. The Hall–Kier alpha value is -11.8. The molecule has 21 rings (SSSR count). The molecule has 2 amide bonds. The lowest BCUT2D eigenvalue weighted by Gasteiger charge is -2.49. The van der Waals surface area contributed by atoms with Crippen molar-refractivity contribution >= 4 is 116 Å². The molecule has 0 radical (unpaired) electrons. The number of carbonyl (C=O) groups excluding carboxylic acids is 3. The molecule has 0 spiro atoms. The lowest BCUT2D eigenvalue weighted by molar-refractivity contribution is -0.0118. The number of carbonyl (C=O) groups is 3. The molecule has 6 heterocycles. The lowest BCUT2D eigenvalue weighted by atomic mass is 9.64. The number of benzene rings is 12. The van der Waals surface area contributed by atoms with E-state index in [1.165, 1.54) is 59.1 Å². The zero-order valence-corrected chi connectivity index (χ0v) is 70.4. The summed E-state index contributed by atoms with van der Waals surface area (Å²) in [6.07, 6.45) is 14.4. The van der Waals surface area contributed by atoms with Gasteiger partial charge in [0, 0.05) is 103 Å². The van der Waals surface area contributed by atoms with Crippen molar-refractivity contribution in [3.63, 3.8) is 0 Å². The fourth-order valence-corrected chi connectivity index (χ4v) is 21.5. The SMILES string of the molecule is C[C@@H]1CC[C@@H]2[C@@H](C1)c1c(c3ccccc3c3nc4ccc(C(=O)NCCc5ccccc5)cc4nc13)OC2(C)C.C[C@H]1CC[C@H]2[C@H](C1)c1c(c3ccccc3c3nc4cc(C(=O)CCCc5ccccc5)ccc4nc13)OC2(C)C.C[C@H]1CC[C@H]2[C@H](C1)c1c(c3ccccc3c3nc4ccc(C(=O)NCCc5ccccc5)cc4nc13)OC2(C)C. The van der Waals surface area contributed by atoms with Crippen LogP contribution in [-0.4, -0.2) is 77.4 Å². The molecule has 3 saturated carbocycles. The van der Waals surface area contributed by atoms with Crippen molar-refractivity contribution in [2.24, 2.45) is 35.5 Å². The third-order valence-electron chi connectivity index (χ3n) is 27.6. The van der Waals surface area contributed by atoms with E-state index in [0.717, 1.165) is 174 Å². The maximum atomic E-state index is 13.1. The number of ketones is 1. The first kappa shape index (κ1) is 78.1. The number of nitrogens with one attached hydrogen (secondary N) is 2. The summed E-state index contributed by atoms with van der Waals surface area (Å²) >= 11 is 0. The van der Waals surface area contributed by atoms with Gasteiger partial charge in [-0.2, -0.15) is 0 Å². The first-order chi connectivity index (χ1) is 58.2. The van der Waals surface area contributed by atoms with Gasteiger partial charge in [0.2, 0.25) is 0 Å². The third-order valence-corrected chi connectivity index (χ3v) is 27.6. The molecule has 9 atom stereocenters. The Morgan fingerprint density at radius 3 is 0.983 bits per heavy atom. The van der Waals surface area contributed by atoms with Crippen molar-refractivity contribution in [3.05, 3.63) is 268 Å². The van der Waals surface area contributed by atoms with E-state index in [9.17, 15) is 14.4 Å². The van der Waals surface area contributed by atoms with E-state index >= 15 is 0 Å². The van der Waals surface area contributed by atoms with E-state index in [0.29, 0.717) is 89.5 Å². The van der Waals surface area contributed by atoms with Crippen LogP contribution in [-0.2, 0) is 19.3 Å². The quantitative estimate of drug-likeness (QED) is 0.0634. The van der Waals surface area contributed by atoms with Crippen molar-refractivity contribution in [3.8, 4) is 17.2 Å². The fraction of sp³-hybridized carbons (Fsp3) is 0.349. The number of aromatic nitrogens is 6. The van der Waals surface area contributed by atoms with Gasteiger partial charge in [-0.3, -0.25) is 14.4 Å². The molecule has 12 aromatic carbocycles. The number of fused-ring (bicyclic) bond motifs is 27. The molecule has 3 aliphatic carbocycles. The van der Waals surface area contributed by atoms with Crippen molar-refractivity contribution in [1.82, 2.24) is 40.5 Å². The van der Waals surface area contributed by atoms with Gasteiger partial charge < -0.3 is 24.8 Å². The van der Waals surface area contributed by atoms with Crippen LogP contribution in [0.15, 0.2) is 218 Å². The maximum absolute atomic E-state index is 13.1. The van der Waals surface area contributed by atoms with Crippen molar-refractivity contribution < 1.29 is 28.6 Å². The number of aryl methyl sites for hydroxylation is 1. The van der Waals surface area contributed by atoms with Gasteiger partial charge in [0.05, 0.1) is 66.2 Å². The first-order valence-corrected chi connectivity index (χ1v) is 43.9. The van der Waals surface area contributed by atoms with Crippen LogP contribution in [0, 0.1) is 35.5 Å². The molecule has 6 aliphatic rings. The van der Waals surface area contributed by atoms with Crippen molar-refractivity contribution in [2.75, 3.05) is 13.1 Å². The molecule has 120 heavy (non-hydrogen) atoms. The average Bonchev–Trinajstić information content (AvgIpc) is 0.719. The van der Waals surface area contributed by atoms with Crippen LogP contribution < -0.4 is 24.8 Å². The Labute approximate surface area is 702 Å². The van der Waals surface area contributed by atoms with E-state index in [1.807, 2.05) is 109 Å². The zero-order chi connectivity index (χ0) is 82.3. The Bertz CT molecular complexity index is 6270. The summed E-state index contributed by atoms with van der Waals surface area (Å²) in [5.74, 6) is 7.32. The number of amides is 2. The predicted molar refractivity (Wildman–Crippen MR) is 484 cm³/mol. The van der Waals surface area contributed by atoms with E-state index < -0.39 is 0 Å². The number of nitrogens with zero attached hydrogens (tertiary/aromatic N) is 6. The molecule has 3 aromatic heterocycles. The predicted octanol–water partition coefficient (Wildman–Crippen LogP) is 24.0. The summed E-state index contributed by atoms with van der Waals surface area (Å²) in [5, 5.41) is 12.6. The van der Waals surface area contributed by atoms with Gasteiger partial charge in [0.1, 0.15) is 34.1 Å². The monoisotopic (exact) mass is 1590 g/mol. The van der Waals surface area contributed by atoms with Crippen LogP contribution in [0.1, 0.15) is 215 Å². The van der Waals surface area contributed by atoms with Gasteiger partial charge in [-0.15, -0.1) is 0 Å². The minimum Gasteiger partial charge on any atom is -0.487 e. The second-order valence-electron chi connectivity index (χ2n) is 37.0.